The van der Waals surface area contributed by atoms with Crippen LogP contribution in [0.2, 0.25) is 0 Å². The van der Waals surface area contributed by atoms with Crippen molar-refractivity contribution >= 4 is 21.8 Å². The van der Waals surface area contributed by atoms with E-state index in [2.05, 4.69) is 32.7 Å². The molecule has 1 aliphatic heterocycles. The minimum Gasteiger partial charge on any atom is -0.335 e. The molecule has 0 spiro atoms. The van der Waals surface area contributed by atoms with Crippen molar-refractivity contribution in [2.75, 3.05) is 32.7 Å². The van der Waals surface area contributed by atoms with Gasteiger partial charge in [-0.1, -0.05) is 13.0 Å². The van der Waals surface area contributed by atoms with Gasteiger partial charge in [-0.15, -0.1) is 0 Å². The molecule has 5 heteroatoms. The van der Waals surface area contributed by atoms with Gasteiger partial charge in [0.2, 0.25) is 0 Å². The predicted molar refractivity (Wildman–Crippen MR) is 70.0 cm³/mol. The average Bonchev–Trinajstić information content (AvgIpc) is 2.38. The normalized spacial score (nSPS) is 17.2. The summed E-state index contributed by atoms with van der Waals surface area (Å²) >= 11 is 3.29. The lowest BCUT2D eigenvalue weighted by atomic mass is 10.2. The van der Waals surface area contributed by atoms with E-state index in [0.717, 1.165) is 32.7 Å². The number of halogens is 1. The summed E-state index contributed by atoms with van der Waals surface area (Å²) in [6.07, 6.45) is 0. The van der Waals surface area contributed by atoms with Crippen molar-refractivity contribution in [2.45, 2.75) is 6.92 Å². The lowest BCUT2D eigenvalue weighted by molar-refractivity contribution is 0.0637. The Morgan fingerprint density at radius 3 is 2.65 bits per heavy atom. The highest BCUT2D eigenvalue weighted by molar-refractivity contribution is 9.10. The largest absolute Gasteiger partial charge is 0.335 e. The maximum absolute atomic E-state index is 12.2. The minimum atomic E-state index is 0.0297. The Hall–Kier alpha value is -0.940. The molecule has 2 heterocycles. The lowest BCUT2D eigenvalue weighted by Crippen LogP contribution is -2.48. The molecule has 0 N–H and O–H groups in total. The average molecular weight is 298 g/mol. The summed E-state index contributed by atoms with van der Waals surface area (Å²) in [6.45, 7) is 6.69. The molecule has 0 bridgehead atoms. The molecule has 0 aromatic carbocycles. The number of carbonyl (C=O) groups is 1. The van der Waals surface area contributed by atoms with Crippen molar-refractivity contribution in [2.24, 2.45) is 0 Å². The number of hydrogen-bond donors (Lipinski definition) is 0. The highest BCUT2D eigenvalue weighted by atomic mass is 79.9. The molecule has 1 amide bonds. The number of carbonyl (C=O) groups excluding carboxylic acids is 1. The Kier molecular flexibility index (Phi) is 4.12. The van der Waals surface area contributed by atoms with Gasteiger partial charge in [-0.2, -0.15) is 0 Å². The Balaban J connectivity index is 2.02. The van der Waals surface area contributed by atoms with E-state index in [1.54, 1.807) is 6.07 Å². The number of amides is 1. The Morgan fingerprint density at radius 2 is 2.06 bits per heavy atom. The van der Waals surface area contributed by atoms with Crippen LogP contribution in [0.5, 0.6) is 0 Å². The van der Waals surface area contributed by atoms with Gasteiger partial charge in [0.1, 0.15) is 10.3 Å². The smallest absolute Gasteiger partial charge is 0.272 e. The van der Waals surface area contributed by atoms with Gasteiger partial charge in [-0.25, -0.2) is 4.98 Å². The van der Waals surface area contributed by atoms with Crippen molar-refractivity contribution in [3.8, 4) is 0 Å². The van der Waals surface area contributed by atoms with Crippen LogP contribution >= 0.6 is 15.9 Å². The van der Waals surface area contributed by atoms with E-state index in [-0.39, 0.29) is 5.91 Å². The Morgan fingerprint density at radius 1 is 1.35 bits per heavy atom. The van der Waals surface area contributed by atoms with Crippen LogP contribution in [-0.2, 0) is 0 Å². The maximum Gasteiger partial charge on any atom is 0.272 e. The molecule has 1 saturated heterocycles. The summed E-state index contributed by atoms with van der Waals surface area (Å²) in [5.41, 5.74) is 0.518. The van der Waals surface area contributed by atoms with Crippen LogP contribution in [0.15, 0.2) is 22.8 Å². The maximum atomic E-state index is 12.2. The van der Waals surface area contributed by atoms with E-state index in [1.165, 1.54) is 0 Å². The third-order valence-electron chi connectivity index (χ3n) is 3.04. The molecule has 0 saturated carbocycles. The van der Waals surface area contributed by atoms with Gasteiger partial charge >= 0.3 is 0 Å². The van der Waals surface area contributed by atoms with Crippen LogP contribution in [-0.4, -0.2) is 53.4 Å². The SMILES string of the molecule is CCN1CCN(C(=O)c2cccc(Br)n2)CC1. The number of pyridine rings is 1. The van der Waals surface area contributed by atoms with Crippen molar-refractivity contribution in [1.82, 2.24) is 14.8 Å². The second-order valence-corrected chi connectivity index (χ2v) is 4.88. The summed E-state index contributed by atoms with van der Waals surface area (Å²) in [7, 11) is 0. The van der Waals surface area contributed by atoms with E-state index in [4.69, 9.17) is 0 Å². The Labute approximate surface area is 110 Å². The molecular formula is C12H16BrN3O. The third-order valence-corrected chi connectivity index (χ3v) is 3.48. The zero-order valence-electron chi connectivity index (χ0n) is 9.90. The highest BCUT2D eigenvalue weighted by Crippen LogP contribution is 2.10. The lowest BCUT2D eigenvalue weighted by Gasteiger charge is -2.33. The van der Waals surface area contributed by atoms with Gasteiger partial charge < -0.3 is 9.80 Å². The first kappa shape index (κ1) is 12.5. The summed E-state index contributed by atoms with van der Waals surface area (Å²) in [6, 6.07) is 5.43. The molecular weight excluding hydrogens is 282 g/mol. The molecule has 0 atom stereocenters. The number of hydrogen-bond acceptors (Lipinski definition) is 3. The molecule has 1 fully saturated rings. The summed E-state index contributed by atoms with van der Waals surface area (Å²) in [4.78, 5) is 20.6. The van der Waals surface area contributed by atoms with Crippen molar-refractivity contribution in [3.63, 3.8) is 0 Å². The number of aromatic nitrogens is 1. The van der Waals surface area contributed by atoms with Crippen LogP contribution in [0.25, 0.3) is 0 Å². The fourth-order valence-electron chi connectivity index (χ4n) is 1.96. The van der Waals surface area contributed by atoms with E-state index >= 15 is 0 Å². The fourth-order valence-corrected chi connectivity index (χ4v) is 2.30. The van der Waals surface area contributed by atoms with E-state index in [1.807, 2.05) is 17.0 Å². The van der Waals surface area contributed by atoms with Gasteiger partial charge in [0.15, 0.2) is 0 Å². The van der Waals surface area contributed by atoms with E-state index in [9.17, 15) is 4.79 Å². The zero-order chi connectivity index (χ0) is 12.3. The molecule has 2 rings (SSSR count). The molecule has 0 radical (unpaired) electrons. The van der Waals surface area contributed by atoms with Gasteiger partial charge in [0.05, 0.1) is 0 Å². The summed E-state index contributed by atoms with van der Waals surface area (Å²) < 4.78 is 0.704. The van der Waals surface area contributed by atoms with Gasteiger partial charge in [0, 0.05) is 26.2 Å². The second kappa shape index (κ2) is 5.60. The third kappa shape index (κ3) is 3.04. The van der Waals surface area contributed by atoms with Gasteiger partial charge in [-0.3, -0.25) is 4.79 Å². The second-order valence-electron chi connectivity index (χ2n) is 4.07. The predicted octanol–water partition coefficient (Wildman–Crippen LogP) is 1.62. The highest BCUT2D eigenvalue weighted by Gasteiger charge is 2.21. The first-order chi connectivity index (χ1) is 8.20. The van der Waals surface area contributed by atoms with Crippen molar-refractivity contribution in [3.05, 3.63) is 28.5 Å². The molecule has 1 aromatic rings. The van der Waals surface area contributed by atoms with Crippen LogP contribution in [0.1, 0.15) is 17.4 Å². The fraction of sp³-hybridized carbons (Fsp3) is 0.500. The number of rotatable bonds is 2. The van der Waals surface area contributed by atoms with Gasteiger partial charge in [0.25, 0.3) is 5.91 Å². The number of piperazine rings is 1. The zero-order valence-corrected chi connectivity index (χ0v) is 11.5. The summed E-state index contributed by atoms with van der Waals surface area (Å²) in [5.74, 6) is 0.0297. The molecule has 4 nitrogen and oxygen atoms in total. The number of nitrogens with zero attached hydrogens (tertiary/aromatic N) is 3. The quantitative estimate of drug-likeness (QED) is 0.779. The monoisotopic (exact) mass is 297 g/mol. The van der Waals surface area contributed by atoms with Crippen LogP contribution in [0, 0.1) is 0 Å². The molecule has 0 unspecified atom stereocenters. The van der Waals surface area contributed by atoms with Crippen molar-refractivity contribution in [1.29, 1.82) is 0 Å². The standard InChI is InChI=1S/C12H16BrN3O/c1-2-15-6-8-16(9-7-15)12(17)10-4-3-5-11(13)14-10/h3-5H,2,6-9H2,1H3. The van der Waals surface area contributed by atoms with Gasteiger partial charge in [-0.05, 0) is 34.6 Å². The van der Waals surface area contributed by atoms with Crippen LogP contribution in [0.3, 0.4) is 0 Å². The molecule has 92 valence electrons. The molecule has 0 aliphatic carbocycles. The van der Waals surface area contributed by atoms with E-state index < -0.39 is 0 Å². The first-order valence-corrected chi connectivity index (χ1v) is 6.64. The first-order valence-electron chi connectivity index (χ1n) is 5.85. The molecule has 1 aliphatic rings. The molecule has 1 aromatic heterocycles. The number of likely N-dealkylation sites (N-methyl/N-ethyl adjacent to an activating group) is 1. The van der Waals surface area contributed by atoms with Crippen LogP contribution < -0.4 is 0 Å². The molecule has 17 heavy (non-hydrogen) atoms. The topological polar surface area (TPSA) is 36.4 Å². The van der Waals surface area contributed by atoms with Crippen LogP contribution in [0.4, 0.5) is 0 Å². The van der Waals surface area contributed by atoms with E-state index in [0.29, 0.717) is 10.3 Å². The Bertz CT molecular complexity index is 402. The minimum absolute atomic E-state index is 0.0297. The summed E-state index contributed by atoms with van der Waals surface area (Å²) in [5, 5.41) is 0. The van der Waals surface area contributed by atoms with Crippen molar-refractivity contribution < 1.29 is 4.79 Å².